The van der Waals surface area contributed by atoms with Crippen molar-refractivity contribution in [2.75, 3.05) is 14.1 Å². The maximum atomic E-state index is 10.6. The van der Waals surface area contributed by atoms with E-state index in [9.17, 15) is 5.11 Å². The first-order chi connectivity index (χ1) is 12.5. The molecule has 0 spiro atoms. The Bertz CT molecular complexity index is 853. The Kier molecular flexibility index (Phi) is 5.55. The molecule has 0 aliphatic carbocycles. The third-order valence-electron chi connectivity index (χ3n) is 5.16. The number of aliphatic hydroxyl groups is 1. The maximum absolute atomic E-state index is 10.6. The van der Waals surface area contributed by atoms with Crippen molar-refractivity contribution in [3.63, 3.8) is 0 Å². The van der Waals surface area contributed by atoms with Gasteiger partial charge in [-0.15, -0.1) is 0 Å². The van der Waals surface area contributed by atoms with Crippen molar-refractivity contribution in [1.29, 1.82) is 0 Å². The molecule has 0 radical (unpaired) electrons. The molecular formula is C24H27NO. The molecule has 26 heavy (non-hydrogen) atoms. The van der Waals surface area contributed by atoms with Crippen molar-refractivity contribution in [3.05, 3.63) is 95.1 Å². The van der Waals surface area contributed by atoms with E-state index in [4.69, 9.17) is 0 Å². The zero-order valence-corrected chi connectivity index (χ0v) is 16.0. The highest BCUT2D eigenvalue weighted by Gasteiger charge is 2.13. The number of nitrogens with zero attached hydrogens (tertiary/aromatic N) is 1. The van der Waals surface area contributed by atoms with E-state index < -0.39 is 6.10 Å². The second kappa shape index (κ2) is 7.86. The summed E-state index contributed by atoms with van der Waals surface area (Å²) in [5.41, 5.74) is 6.74. The monoisotopic (exact) mass is 345 g/mol. The maximum Gasteiger partial charge on any atom is 0.104 e. The van der Waals surface area contributed by atoms with Crippen LogP contribution in [0, 0.1) is 6.92 Å². The molecular weight excluding hydrogens is 318 g/mol. The van der Waals surface area contributed by atoms with Crippen LogP contribution >= 0.6 is 0 Å². The largest absolute Gasteiger partial charge is 0.384 e. The minimum Gasteiger partial charge on any atom is -0.384 e. The number of hydrogen-bond acceptors (Lipinski definition) is 2. The molecule has 3 aromatic rings. The third kappa shape index (κ3) is 3.87. The van der Waals surface area contributed by atoms with Crippen molar-refractivity contribution < 1.29 is 5.11 Å². The summed E-state index contributed by atoms with van der Waals surface area (Å²) in [6, 6.07) is 25.2. The molecule has 0 aliphatic heterocycles. The third-order valence-corrected chi connectivity index (χ3v) is 5.16. The van der Waals surface area contributed by atoms with Gasteiger partial charge in [0.25, 0.3) is 0 Å². The second-order valence-electron chi connectivity index (χ2n) is 7.15. The average Bonchev–Trinajstić information content (AvgIpc) is 2.67. The van der Waals surface area contributed by atoms with E-state index in [1.165, 1.54) is 22.3 Å². The van der Waals surface area contributed by atoms with Crippen LogP contribution in [-0.4, -0.2) is 24.1 Å². The zero-order valence-electron chi connectivity index (χ0n) is 16.0. The van der Waals surface area contributed by atoms with Crippen LogP contribution < -0.4 is 0 Å². The molecule has 0 heterocycles. The quantitative estimate of drug-likeness (QED) is 0.672. The van der Waals surface area contributed by atoms with E-state index in [1.807, 2.05) is 36.4 Å². The fourth-order valence-electron chi connectivity index (χ4n) is 3.25. The number of aryl methyl sites for hydroxylation is 1. The van der Waals surface area contributed by atoms with E-state index in [0.29, 0.717) is 6.04 Å². The highest BCUT2D eigenvalue weighted by Crippen LogP contribution is 2.30. The molecule has 2 heteroatoms. The van der Waals surface area contributed by atoms with Gasteiger partial charge in [-0.25, -0.2) is 0 Å². The molecule has 3 rings (SSSR count). The molecule has 0 saturated heterocycles. The number of aliphatic hydroxyl groups excluding tert-OH is 1. The summed E-state index contributed by atoms with van der Waals surface area (Å²) >= 11 is 0. The second-order valence-corrected chi connectivity index (χ2v) is 7.15. The van der Waals surface area contributed by atoms with E-state index in [0.717, 1.165) is 11.1 Å². The van der Waals surface area contributed by atoms with Crippen LogP contribution in [0.25, 0.3) is 11.1 Å². The summed E-state index contributed by atoms with van der Waals surface area (Å²) in [6.45, 7) is 4.31. The lowest BCUT2D eigenvalue weighted by atomic mass is 9.93. The molecule has 0 aliphatic rings. The van der Waals surface area contributed by atoms with E-state index in [-0.39, 0.29) is 0 Å². The Hall–Kier alpha value is -2.42. The topological polar surface area (TPSA) is 23.5 Å². The van der Waals surface area contributed by atoms with E-state index in [2.05, 4.69) is 69.2 Å². The van der Waals surface area contributed by atoms with Gasteiger partial charge in [0.2, 0.25) is 0 Å². The lowest BCUT2D eigenvalue weighted by Gasteiger charge is -2.20. The van der Waals surface area contributed by atoms with Gasteiger partial charge < -0.3 is 10.0 Å². The van der Waals surface area contributed by atoms with E-state index >= 15 is 0 Å². The Labute approximate surface area is 156 Å². The van der Waals surface area contributed by atoms with Crippen LogP contribution in [0.2, 0.25) is 0 Å². The summed E-state index contributed by atoms with van der Waals surface area (Å²) in [4.78, 5) is 2.21. The summed E-state index contributed by atoms with van der Waals surface area (Å²) in [5, 5.41) is 10.6. The first-order valence-corrected chi connectivity index (χ1v) is 9.07. The lowest BCUT2D eigenvalue weighted by molar-refractivity contribution is 0.220. The highest BCUT2D eigenvalue weighted by atomic mass is 16.3. The first-order valence-electron chi connectivity index (χ1n) is 9.07. The SMILES string of the molecule is Cc1cc(C(O)c2ccccc2)ccc1-c1ccc(C(C)N(C)C)cc1. The first kappa shape index (κ1) is 18.4. The number of rotatable bonds is 5. The predicted molar refractivity (Wildman–Crippen MR) is 109 cm³/mol. The van der Waals surface area contributed by atoms with Crippen LogP contribution in [0.3, 0.4) is 0 Å². The van der Waals surface area contributed by atoms with Gasteiger partial charge in [-0.2, -0.15) is 0 Å². The molecule has 134 valence electrons. The number of hydrogen-bond donors (Lipinski definition) is 1. The molecule has 2 nitrogen and oxygen atoms in total. The molecule has 0 amide bonds. The molecule has 0 bridgehead atoms. The Morgan fingerprint density at radius 3 is 1.96 bits per heavy atom. The minimum absolute atomic E-state index is 0.397. The fraction of sp³-hybridized carbons (Fsp3) is 0.250. The van der Waals surface area contributed by atoms with Crippen molar-refractivity contribution in [3.8, 4) is 11.1 Å². The van der Waals surface area contributed by atoms with Crippen molar-refractivity contribution in [2.24, 2.45) is 0 Å². The molecule has 2 atom stereocenters. The summed E-state index contributed by atoms with van der Waals surface area (Å²) in [7, 11) is 4.19. The standard InChI is InChI=1S/C24H27NO/c1-17-16-22(24(26)21-8-6-5-7-9-21)14-15-23(17)20-12-10-19(11-13-20)18(2)25(3)4/h5-16,18,24,26H,1-4H3. The lowest BCUT2D eigenvalue weighted by Crippen LogP contribution is -2.16. The van der Waals surface area contributed by atoms with Crippen molar-refractivity contribution in [2.45, 2.75) is 26.0 Å². The zero-order chi connectivity index (χ0) is 18.7. The molecule has 1 N–H and O–H groups in total. The fourth-order valence-corrected chi connectivity index (χ4v) is 3.25. The van der Waals surface area contributed by atoms with Crippen molar-refractivity contribution >= 4 is 0 Å². The smallest absolute Gasteiger partial charge is 0.104 e. The van der Waals surface area contributed by atoms with Gasteiger partial charge in [-0.1, -0.05) is 72.8 Å². The van der Waals surface area contributed by atoms with Gasteiger partial charge in [0, 0.05) is 6.04 Å². The predicted octanol–water partition coefficient (Wildman–Crippen LogP) is 5.37. The van der Waals surface area contributed by atoms with Crippen LogP contribution in [0.15, 0.2) is 72.8 Å². The Morgan fingerprint density at radius 1 is 0.769 bits per heavy atom. The Balaban J connectivity index is 1.86. The van der Waals surface area contributed by atoms with Crippen LogP contribution in [0.1, 0.15) is 41.3 Å². The Morgan fingerprint density at radius 2 is 1.38 bits per heavy atom. The van der Waals surface area contributed by atoms with Crippen LogP contribution in [0.4, 0.5) is 0 Å². The minimum atomic E-state index is -0.590. The summed E-state index contributed by atoms with van der Waals surface area (Å²) in [6.07, 6.45) is -0.590. The van der Waals surface area contributed by atoms with Gasteiger partial charge in [0.05, 0.1) is 0 Å². The molecule has 2 unspecified atom stereocenters. The molecule has 0 fully saturated rings. The summed E-state index contributed by atoms with van der Waals surface area (Å²) < 4.78 is 0. The molecule has 3 aromatic carbocycles. The van der Waals surface area contributed by atoms with Gasteiger partial charge in [0.1, 0.15) is 6.10 Å². The van der Waals surface area contributed by atoms with E-state index in [1.54, 1.807) is 0 Å². The van der Waals surface area contributed by atoms with Crippen molar-refractivity contribution in [1.82, 2.24) is 4.90 Å². The van der Waals surface area contributed by atoms with Gasteiger partial charge >= 0.3 is 0 Å². The number of benzene rings is 3. The molecule has 0 saturated carbocycles. The summed E-state index contributed by atoms with van der Waals surface area (Å²) in [5.74, 6) is 0. The average molecular weight is 345 g/mol. The molecule has 0 aromatic heterocycles. The van der Waals surface area contributed by atoms with Gasteiger partial charge in [-0.05, 0) is 61.3 Å². The van der Waals surface area contributed by atoms with Crippen LogP contribution in [-0.2, 0) is 0 Å². The van der Waals surface area contributed by atoms with Gasteiger partial charge in [0.15, 0.2) is 0 Å². The highest BCUT2D eigenvalue weighted by molar-refractivity contribution is 5.68. The van der Waals surface area contributed by atoms with Gasteiger partial charge in [-0.3, -0.25) is 0 Å². The van der Waals surface area contributed by atoms with Crippen LogP contribution in [0.5, 0.6) is 0 Å². The normalized spacial score (nSPS) is 13.6.